The number of para-hydroxylation sites is 2. The summed E-state index contributed by atoms with van der Waals surface area (Å²) in [5.74, 6) is 0.819. The number of anilines is 1. The van der Waals surface area contributed by atoms with Gasteiger partial charge in [-0.05, 0) is 37.8 Å². The molecule has 6 nitrogen and oxygen atoms in total. The normalized spacial score (nSPS) is 22.4. The largest absolute Gasteiger partial charge is 0.354 e. The van der Waals surface area contributed by atoms with Gasteiger partial charge in [-0.1, -0.05) is 12.1 Å². The Kier molecular flexibility index (Phi) is 3.69. The Balaban J connectivity index is 1.51. The van der Waals surface area contributed by atoms with Crippen molar-refractivity contribution in [3.8, 4) is 0 Å². The maximum atomic E-state index is 12.1. The fraction of sp³-hybridized carbons (Fsp3) is 0.500. The van der Waals surface area contributed by atoms with Gasteiger partial charge in [-0.25, -0.2) is 18.1 Å². The van der Waals surface area contributed by atoms with Gasteiger partial charge in [0.25, 0.3) is 0 Å². The predicted octanol–water partition coefficient (Wildman–Crippen LogP) is 1.68. The average molecular weight is 332 g/mol. The van der Waals surface area contributed by atoms with Crippen LogP contribution in [0.4, 0.5) is 5.82 Å². The summed E-state index contributed by atoms with van der Waals surface area (Å²) in [6.07, 6.45) is 5.19. The summed E-state index contributed by atoms with van der Waals surface area (Å²) in [5.41, 5.74) is 1.74. The van der Waals surface area contributed by atoms with E-state index < -0.39 is 10.0 Å². The van der Waals surface area contributed by atoms with Crippen molar-refractivity contribution in [3.63, 3.8) is 0 Å². The molecule has 23 heavy (non-hydrogen) atoms. The lowest BCUT2D eigenvalue weighted by Crippen LogP contribution is -2.48. The summed E-state index contributed by atoms with van der Waals surface area (Å²) in [6, 6.07) is 7.74. The molecule has 7 heteroatoms. The molecule has 1 N–H and O–H groups in total. The second-order valence-corrected chi connectivity index (χ2v) is 8.36. The van der Waals surface area contributed by atoms with Gasteiger partial charge >= 0.3 is 0 Å². The fourth-order valence-electron chi connectivity index (χ4n) is 3.09. The van der Waals surface area contributed by atoms with E-state index in [-0.39, 0.29) is 11.3 Å². The molecule has 1 aliphatic carbocycles. The number of piperidine rings is 1. The average Bonchev–Trinajstić information content (AvgIpc) is 3.40. The molecule has 1 atom stereocenters. The summed E-state index contributed by atoms with van der Waals surface area (Å²) in [6.45, 7) is 1.54. The fourth-order valence-corrected chi connectivity index (χ4v) is 4.69. The predicted molar refractivity (Wildman–Crippen MR) is 89.9 cm³/mol. The van der Waals surface area contributed by atoms with Gasteiger partial charge in [-0.2, -0.15) is 0 Å². The Hall–Kier alpha value is -1.73. The molecule has 1 saturated carbocycles. The molecular formula is C16H20N4O2S. The van der Waals surface area contributed by atoms with E-state index in [1.807, 2.05) is 24.3 Å². The number of aromatic nitrogens is 2. The van der Waals surface area contributed by atoms with Crippen LogP contribution in [-0.2, 0) is 10.0 Å². The van der Waals surface area contributed by atoms with Gasteiger partial charge in [0.15, 0.2) is 0 Å². The van der Waals surface area contributed by atoms with E-state index in [0.717, 1.165) is 49.1 Å². The van der Waals surface area contributed by atoms with Crippen LogP contribution in [0.1, 0.15) is 25.7 Å². The molecule has 2 heterocycles. The number of fused-ring (bicyclic) bond motifs is 1. The van der Waals surface area contributed by atoms with E-state index in [4.69, 9.17) is 0 Å². The maximum absolute atomic E-state index is 12.1. The molecule has 2 aliphatic rings. The molecule has 0 spiro atoms. The summed E-state index contributed by atoms with van der Waals surface area (Å²) >= 11 is 0. The van der Waals surface area contributed by atoms with Crippen molar-refractivity contribution in [3.05, 3.63) is 30.5 Å². The van der Waals surface area contributed by atoms with Gasteiger partial charge in [0, 0.05) is 19.1 Å². The minimum absolute atomic E-state index is 0.0392. The number of hydrogen-bond acceptors (Lipinski definition) is 5. The number of nitrogens with one attached hydrogen (secondary N) is 1. The Morgan fingerprint density at radius 2 is 1.91 bits per heavy atom. The van der Waals surface area contributed by atoms with Gasteiger partial charge < -0.3 is 4.90 Å². The first-order chi connectivity index (χ1) is 11.1. The number of sulfonamides is 1. The monoisotopic (exact) mass is 332 g/mol. The number of nitrogens with zero attached hydrogens (tertiary/aromatic N) is 3. The van der Waals surface area contributed by atoms with Crippen LogP contribution in [0.25, 0.3) is 11.0 Å². The summed E-state index contributed by atoms with van der Waals surface area (Å²) in [5, 5.41) is -0.168. The molecule has 4 rings (SSSR count). The third-order valence-corrected chi connectivity index (χ3v) is 6.49. The Bertz CT molecular complexity index is 820. The van der Waals surface area contributed by atoms with Crippen molar-refractivity contribution in [1.82, 2.24) is 14.7 Å². The van der Waals surface area contributed by atoms with E-state index in [2.05, 4.69) is 19.6 Å². The summed E-state index contributed by atoms with van der Waals surface area (Å²) in [4.78, 5) is 11.2. The molecule has 1 unspecified atom stereocenters. The Morgan fingerprint density at radius 3 is 2.70 bits per heavy atom. The van der Waals surface area contributed by atoms with Crippen LogP contribution in [0.5, 0.6) is 0 Å². The minimum atomic E-state index is -3.14. The second-order valence-electron chi connectivity index (χ2n) is 6.36. The molecule has 1 saturated heterocycles. The summed E-state index contributed by atoms with van der Waals surface area (Å²) < 4.78 is 27.1. The van der Waals surface area contributed by atoms with E-state index in [1.165, 1.54) is 0 Å². The highest BCUT2D eigenvalue weighted by Gasteiger charge is 2.37. The SMILES string of the molecule is O=S(=O)(NC1CCCN(c2cnc3ccccc3n2)C1)C1CC1. The van der Waals surface area contributed by atoms with Crippen LogP contribution < -0.4 is 9.62 Å². The van der Waals surface area contributed by atoms with E-state index in [1.54, 1.807) is 6.20 Å². The molecule has 1 aromatic carbocycles. The standard InChI is InChI=1S/C16H20N4O2S/c21-23(22,13-7-8-13)19-12-4-3-9-20(11-12)16-10-17-14-5-1-2-6-15(14)18-16/h1-2,5-6,10,12-13,19H,3-4,7-9,11H2. The van der Waals surface area contributed by atoms with Gasteiger partial charge in [0.2, 0.25) is 10.0 Å². The molecule has 0 bridgehead atoms. The minimum Gasteiger partial charge on any atom is -0.354 e. The van der Waals surface area contributed by atoms with Crippen molar-refractivity contribution in [2.45, 2.75) is 37.0 Å². The van der Waals surface area contributed by atoms with Crippen LogP contribution in [0.2, 0.25) is 0 Å². The highest BCUT2D eigenvalue weighted by atomic mass is 32.2. The number of benzene rings is 1. The Labute approximate surface area is 136 Å². The summed E-state index contributed by atoms with van der Waals surface area (Å²) in [7, 11) is -3.14. The number of hydrogen-bond donors (Lipinski definition) is 1. The van der Waals surface area contributed by atoms with Gasteiger partial charge in [-0.15, -0.1) is 0 Å². The van der Waals surface area contributed by atoms with Crippen LogP contribution in [-0.4, -0.2) is 42.8 Å². The molecule has 2 fully saturated rings. The second kappa shape index (κ2) is 5.72. The van der Waals surface area contributed by atoms with Crippen LogP contribution in [0.15, 0.2) is 30.5 Å². The smallest absolute Gasteiger partial charge is 0.214 e. The first-order valence-corrected chi connectivity index (χ1v) is 9.64. The molecule has 122 valence electrons. The lowest BCUT2D eigenvalue weighted by molar-refractivity contribution is 0.463. The van der Waals surface area contributed by atoms with Gasteiger partial charge in [0.05, 0.1) is 22.5 Å². The third-order valence-electron chi connectivity index (χ3n) is 4.48. The molecule has 2 aromatic rings. The van der Waals surface area contributed by atoms with Crippen molar-refractivity contribution in [1.29, 1.82) is 0 Å². The molecular weight excluding hydrogens is 312 g/mol. The van der Waals surface area contributed by atoms with Crippen LogP contribution >= 0.6 is 0 Å². The number of rotatable bonds is 4. The first kappa shape index (κ1) is 14.8. The molecule has 0 amide bonds. The van der Waals surface area contributed by atoms with Gasteiger partial charge in [-0.3, -0.25) is 4.98 Å². The quantitative estimate of drug-likeness (QED) is 0.922. The first-order valence-electron chi connectivity index (χ1n) is 8.10. The van der Waals surface area contributed by atoms with Crippen molar-refractivity contribution < 1.29 is 8.42 Å². The molecule has 0 radical (unpaired) electrons. The lowest BCUT2D eigenvalue weighted by atomic mass is 10.1. The van der Waals surface area contributed by atoms with Gasteiger partial charge in [0.1, 0.15) is 5.82 Å². The van der Waals surface area contributed by atoms with Crippen molar-refractivity contribution >= 4 is 26.9 Å². The zero-order valence-electron chi connectivity index (χ0n) is 12.9. The third kappa shape index (κ3) is 3.16. The zero-order valence-corrected chi connectivity index (χ0v) is 13.7. The van der Waals surface area contributed by atoms with E-state index in [9.17, 15) is 8.42 Å². The Morgan fingerprint density at radius 1 is 1.13 bits per heavy atom. The van der Waals surface area contributed by atoms with Crippen LogP contribution in [0, 0.1) is 0 Å². The van der Waals surface area contributed by atoms with E-state index >= 15 is 0 Å². The topological polar surface area (TPSA) is 75.2 Å². The maximum Gasteiger partial charge on any atom is 0.214 e. The zero-order chi connectivity index (χ0) is 15.9. The molecule has 1 aliphatic heterocycles. The lowest BCUT2D eigenvalue weighted by Gasteiger charge is -2.33. The van der Waals surface area contributed by atoms with E-state index in [0.29, 0.717) is 6.54 Å². The highest BCUT2D eigenvalue weighted by Crippen LogP contribution is 2.28. The van der Waals surface area contributed by atoms with Crippen molar-refractivity contribution in [2.75, 3.05) is 18.0 Å². The molecule has 1 aromatic heterocycles. The van der Waals surface area contributed by atoms with Crippen LogP contribution in [0.3, 0.4) is 0 Å². The highest BCUT2D eigenvalue weighted by molar-refractivity contribution is 7.90. The van der Waals surface area contributed by atoms with Crippen molar-refractivity contribution in [2.24, 2.45) is 0 Å².